The Bertz CT molecular complexity index is 544. The maximum atomic E-state index is 10.8. The molecular weight excluding hydrogens is 228 g/mol. The van der Waals surface area contributed by atoms with Crippen molar-refractivity contribution in [2.24, 2.45) is 0 Å². The maximum Gasteiger partial charge on any atom is 0.345 e. The molecule has 16 heavy (non-hydrogen) atoms. The van der Waals surface area contributed by atoms with E-state index in [4.69, 9.17) is 9.84 Å². The molecule has 0 unspecified atom stereocenters. The highest BCUT2D eigenvalue weighted by molar-refractivity contribution is 7.20. The van der Waals surface area contributed by atoms with Gasteiger partial charge in [0.1, 0.15) is 4.88 Å². The van der Waals surface area contributed by atoms with E-state index in [-0.39, 0.29) is 10.6 Å². The average molecular weight is 238 g/mol. The number of rotatable bonds is 3. The first-order valence-electron chi connectivity index (χ1n) is 4.74. The van der Waals surface area contributed by atoms with Crippen LogP contribution >= 0.6 is 11.3 Å². The maximum absolute atomic E-state index is 10.8. The summed E-state index contributed by atoms with van der Waals surface area (Å²) in [5, 5.41) is 19.2. The number of aromatic carboxylic acids is 1. The molecule has 2 rings (SSSR count). The predicted molar refractivity (Wildman–Crippen MR) is 61.6 cm³/mol. The number of ether oxygens (including phenoxy) is 1. The zero-order valence-electron chi connectivity index (χ0n) is 8.56. The van der Waals surface area contributed by atoms with Crippen molar-refractivity contribution >= 4 is 27.4 Å². The minimum Gasteiger partial charge on any atom is -0.504 e. The molecular formula is C11H10O4S. The number of carboxylic acids is 1. The van der Waals surface area contributed by atoms with Gasteiger partial charge in [0.25, 0.3) is 0 Å². The molecule has 1 heterocycles. The van der Waals surface area contributed by atoms with Gasteiger partial charge in [0.15, 0.2) is 11.5 Å². The Labute approximate surface area is 95.7 Å². The predicted octanol–water partition coefficient (Wildman–Crippen LogP) is 2.70. The highest BCUT2D eigenvalue weighted by Gasteiger charge is 2.11. The summed E-state index contributed by atoms with van der Waals surface area (Å²) in [6, 6.07) is 4.75. The van der Waals surface area contributed by atoms with E-state index in [1.54, 1.807) is 12.1 Å². The summed E-state index contributed by atoms with van der Waals surface area (Å²) < 4.78 is 5.96. The van der Waals surface area contributed by atoms with Gasteiger partial charge in [-0.25, -0.2) is 4.79 Å². The molecule has 0 atom stereocenters. The van der Waals surface area contributed by atoms with E-state index in [9.17, 15) is 9.90 Å². The smallest absolute Gasteiger partial charge is 0.345 e. The molecule has 0 aliphatic rings. The minimum atomic E-state index is -0.960. The second-order valence-electron chi connectivity index (χ2n) is 3.21. The van der Waals surface area contributed by atoms with Gasteiger partial charge < -0.3 is 14.9 Å². The van der Waals surface area contributed by atoms with Crippen LogP contribution in [-0.2, 0) is 0 Å². The van der Waals surface area contributed by atoms with Crippen LogP contribution < -0.4 is 4.74 Å². The Balaban J connectivity index is 2.56. The number of hydrogen-bond donors (Lipinski definition) is 2. The molecule has 2 N–H and O–H groups in total. The molecule has 1 aromatic heterocycles. The van der Waals surface area contributed by atoms with Gasteiger partial charge in [-0.1, -0.05) is 0 Å². The Morgan fingerprint density at radius 1 is 1.44 bits per heavy atom. The fourth-order valence-electron chi connectivity index (χ4n) is 1.43. The highest BCUT2D eigenvalue weighted by atomic mass is 32.1. The summed E-state index contributed by atoms with van der Waals surface area (Å²) in [4.78, 5) is 11.0. The molecule has 0 radical (unpaired) electrons. The molecule has 0 spiro atoms. The second kappa shape index (κ2) is 4.02. The molecule has 0 bridgehead atoms. The third kappa shape index (κ3) is 1.81. The first kappa shape index (κ1) is 10.8. The first-order valence-corrected chi connectivity index (χ1v) is 5.56. The zero-order chi connectivity index (χ0) is 11.7. The van der Waals surface area contributed by atoms with Crippen LogP contribution in [0.4, 0.5) is 0 Å². The normalized spacial score (nSPS) is 10.6. The Morgan fingerprint density at radius 3 is 2.81 bits per heavy atom. The second-order valence-corrected chi connectivity index (χ2v) is 4.29. The van der Waals surface area contributed by atoms with Crippen molar-refractivity contribution in [1.29, 1.82) is 0 Å². The first-order chi connectivity index (χ1) is 7.61. The van der Waals surface area contributed by atoms with Gasteiger partial charge in [0.05, 0.1) is 6.61 Å². The van der Waals surface area contributed by atoms with Crippen LogP contribution in [0.2, 0.25) is 0 Å². The van der Waals surface area contributed by atoms with Gasteiger partial charge in [-0.2, -0.15) is 0 Å². The summed E-state index contributed by atoms with van der Waals surface area (Å²) in [7, 11) is 0. The van der Waals surface area contributed by atoms with Gasteiger partial charge in [-0.15, -0.1) is 11.3 Å². The van der Waals surface area contributed by atoms with Crippen molar-refractivity contribution in [2.45, 2.75) is 6.92 Å². The van der Waals surface area contributed by atoms with Gasteiger partial charge in [-0.05, 0) is 24.4 Å². The topological polar surface area (TPSA) is 66.8 Å². The van der Waals surface area contributed by atoms with Gasteiger partial charge >= 0.3 is 5.97 Å². The monoisotopic (exact) mass is 238 g/mol. The number of phenolic OH excluding ortho intramolecular Hbond substituents is 1. The fraction of sp³-hybridized carbons (Fsp3) is 0.182. The molecule has 0 aliphatic carbocycles. The van der Waals surface area contributed by atoms with E-state index in [0.717, 1.165) is 21.4 Å². The number of fused-ring (bicyclic) bond motifs is 1. The lowest BCUT2D eigenvalue weighted by molar-refractivity contribution is 0.0702. The fourth-order valence-corrected chi connectivity index (χ4v) is 2.35. The van der Waals surface area contributed by atoms with E-state index in [0.29, 0.717) is 12.4 Å². The molecule has 0 fully saturated rings. The molecule has 1 aromatic carbocycles. The molecule has 0 saturated carbocycles. The standard InChI is InChI=1S/C11H10O4S/c1-2-15-8-3-6-4-10(11(13)14)16-9(6)5-7(8)12/h3-5,12H,2H2,1H3,(H,13,14). The number of carboxylic acid groups (broad SMARTS) is 1. The quantitative estimate of drug-likeness (QED) is 0.862. The van der Waals surface area contributed by atoms with E-state index in [2.05, 4.69) is 0 Å². The molecule has 0 aliphatic heterocycles. The van der Waals surface area contributed by atoms with Crippen LogP contribution in [-0.4, -0.2) is 22.8 Å². The Kier molecular flexibility index (Phi) is 2.70. The van der Waals surface area contributed by atoms with Crippen LogP contribution in [0.3, 0.4) is 0 Å². The van der Waals surface area contributed by atoms with E-state index in [1.807, 2.05) is 6.92 Å². The third-order valence-electron chi connectivity index (χ3n) is 2.11. The number of benzene rings is 1. The van der Waals surface area contributed by atoms with E-state index >= 15 is 0 Å². The van der Waals surface area contributed by atoms with E-state index < -0.39 is 5.97 Å². The number of thiophene rings is 1. The summed E-state index contributed by atoms with van der Waals surface area (Å²) >= 11 is 1.13. The van der Waals surface area contributed by atoms with Crippen molar-refractivity contribution in [3.63, 3.8) is 0 Å². The van der Waals surface area contributed by atoms with Crippen LogP contribution in [0.1, 0.15) is 16.6 Å². The summed E-state index contributed by atoms with van der Waals surface area (Å²) in [6.45, 7) is 2.27. The largest absolute Gasteiger partial charge is 0.504 e. The minimum absolute atomic E-state index is 0.0353. The highest BCUT2D eigenvalue weighted by Crippen LogP contribution is 2.35. The van der Waals surface area contributed by atoms with Crippen LogP contribution in [0.25, 0.3) is 10.1 Å². The van der Waals surface area contributed by atoms with Crippen LogP contribution in [0.15, 0.2) is 18.2 Å². The Morgan fingerprint density at radius 2 is 2.19 bits per heavy atom. The lowest BCUT2D eigenvalue weighted by atomic mass is 10.2. The van der Waals surface area contributed by atoms with Gasteiger partial charge in [0, 0.05) is 10.8 Å². The van der Waals surface area contributed by atoms with Gasteiger partial charge in [-0.3, -0.25) is 0 Å². The van der Waals surface area contributed by atoms with E-state index in [1.165, 1.54) is 6.07 Å². The zero-order valence-corrected chi connectivity index (χ0v) is 9.37. The molecule has 5 heteroatoms. The SMILES string of the molecule is CCOc1cc2cc(C(=O)O)sc2cc1O. The number of carbonyl (C=O) groups is 1. The molecule has 0 saturated heterocycles. The van der Waals surface area contributed by atoms with Crippen molar-refractivity contribution in [1.82, 2.24) is 0 Å². The molecule has 0 amide bonds. The Hall–Kier alpha value is -1.75. The molecule has 4 nitrogen and oxygen atoms in total. The average Bonchev–Trinajstić information content (AvgIpc) is 2.61. The number of hydrogen-bond acceptors (Lipinski definition) is 4. The van der Waals surface area contributed by atoms with Crippen molar-refractivity contribution in [3.8, 4) is 11.5 Å². The van der Waals surface area contributed by atoms with Crippen LogP contribution in [0, 0.1) is 0 Å². The van der Waals surface area contributed by atoms with Crippen molar-refractivity contribution in [2.75, 3.05) is 6.61 Å². The van der Waals surface area contributed by atoms with Crippen molar-refractivity contribution in [3.05, 3.63) is 23.1 Å². The lowest BCUT2D eigenvalue weighted by Gasteiger charge is -2.04. The number of phenols is 1. The summed E-state index contributed by atoms with van der Waals surface area (Å²) in [5.74, 6) is -0.545. The summed E-state index contributed by atoms with van der Waals surface area (Å²) in [6.07, 6.45) is 0. The van der Waals surface area contributed by atoms with Gasteiger partial charge in [0.2, 0.25) is 0 Å². The third-order valence-corrected chi connectivity index (χ3v) is 3.19. The van der Waals surface area contributed by atoms with Crippen LogP contribution in [0.5, 0.6) is 11.5 Å². The number of aromatic hydroxyl groups is 1. The molecule has 2 aromatic rings. The van der Waals surface area contributed by atoms with Crippen molar-refractivity contribution < 1.29 is 19.7 Å². The molecule has 84 valence electrons. The lowest BCUT2D eigenvalue weighted by Crippen LogP contribution is -1.91. The summed E-state index contributed by atoms with van der Waals surface area (Å²) in [5.41, 5.74) is 0.